The zero-order chi connectivity index (χ0) is 20.1. The van der Waals surface area contributed by atoms with E-state index in [1.54, 1.807) is 24.0 Å². The molecule has 0 fully saturated rings. The molecule has 0 bridgehead atoms. The highest BCUT2D eigenvalue weighted by Crippen LogP contribution is 2.22. The van der Waals surface area contributed by atoms with Gasteiger partial charge in [0.15, 0.2) is 0 Å². The summed E-state index contributed by atoms with van der Waals surface area (Å²) in [4.78, 5) is 26.0. The van der Waals surface area contributed by atoms with Crippen molar-refractivity contribution in [3.05, 3.63) is 82.1 Å². The fourth-order valence-corrected chi connectivity index (χ4v) is 2.85. The van der Waals surface area contributed by atoms with Crippen LogP contribution in [0.3, 0.4) is 0 Å². The second-order valence-electron chi connectivity index (χ2n) is 6.19. The van der Waals surface area contributed by atoms with E-state index in [2.05, 4.69) is 10.4 Å². The Labute approximate surface area is 172 Å². The molecule has 1 aromatic heterocycles. The second-order valence-corrected chi connectivity index (χ2v) is 7.00. The number of nitrogens with one attached hydrogen (secondary N) is 1. The van der Waals surface area contributed by atoms with Gasteiger partial charge < -0.3 is 10.2 Å². The molecule has 0 unspecified atom stereocenters. The van der Waals surface area contributed by atoms with Crippen molar-refractivity contribution in [2.24, 2.45) is 0 Å². The molecule has 0 atom stereocenters. The Balaban J connectivity index is 1.54. The summed E-state index contributed by atoms with van der Waals surface area (Å²) >= 11 is 11.8. The molecule has 0 saturated carbocycles. The average molecular weight is 417 g/mol. The minimum atomic E-state index is -0.391. The predicted octanol–water partition coefficient (Wildman–Crippen LogP) is 3.57. The van der Waals surface area contributed by atoms with E-state index in [-0.39, 0.29) is 17.5 Å². The van der Waals surface area contributed by atoms with Crippen LogP contribution in [0.25, 0.3) is 5.69 Å². The van der Waals surface area contributed by atoms with Crippen LogP contribution in [0.15, 0.2) is 60.9 Å². The molecular formula is C20H18Cl2N4O2. The zero-order valence-electron chi connectivity index (χ0n) is 15.1. The normalized spacial score (nSPS) is 10.5. The summed E-state index contributed by atoms with van der Waals surface area (Å²) in [7, 11) is 1.67. The van der Waals surface area contributed by atoms with Crippen LogP contribution in [0.1, 0.15) is 15.9 Å². The van der Waals surface area contributed by atoms with Crippen LogP contribution < -0.4 is 5.32 Å². The van der Waals surface area contributed by atoms with Crippen molar-refractivity contribution in [3.8, 4) is 5.69 Å². The Hall–Kier alpha value is -2.83. The van der Waals surface area contributed by atoms with Gasteiger partial charge in [0.2, 0.25) is 5.91 Å². The highest BCUT2D eigenvalue weighted by atomic mass is 35.5. The molecule has 144 valence electrons. The highest BCUT2D eigenvalue weighted by Gasteiger charge is 2.14. The topological polar surface area (TPSA) is 67.2 Å². The first-order valence-electron chi connectivity index (χ1n) is 8.50. The first-order chi connectivity index (χ1) is 13.4. The summed E-state index contributed by atoms with van der Waals surface area (Å²) in [5.74, 6) is -0.613. The van der Waals surface area contributed by atoms with Crippen LogP contribution in [0.5, 0.6) is 0 Å². The number of aromatic nitrogens is 2. The number of para-hydroxylation sites is 1. The maximum Gasteiger partial charge on any atom is 0.251 e. The third-order valence-electron chi connectivity index (χ3n) is 4.08. The van der Waals surface area contributed by atoms with Gasteiger partial charge in [-0.25, -0.2) is 4.68 Å². The summed E-state index contributed by atoms with van der Waals surface area (Å²) in [6.45, 7) is 0.261. The van der Waals surface area contributed by atoms with Crippen LogP contribution in [-0.4, -0.2) is 40.1 Å². The van der Waals surface area contributed by atoms with Crippen molar-refractivity contribution >= 4 is 35.0 Å². The molecule has 0 aliphatic carbocycles. The fraction of sp³-hybridized carbons (Fsp3) is 0.150. The molecule has 1 N–H and O–H groups in total. The number of likely N-dealkylation sites (N-methyl/N-ethyl adjacent to an activating group) is 1. The van der Waals surface area contributed by atoms with Gasteiger partial charge in [-0.1, -0.05) is 41.4 Å². The van der Waals surface area contributed by atoms with Crippen LogP contribution in [0.4, 0.5) is 0 Å². The molecule has 3 rings (SSSR count). The summed E-state index contributed by atoms with van der Waals surface area (Å²) in [5, 5.41) is 7.56. The lowest BCUT2D eigenvalue weighted by atomic mass is 10.2. The summed E-state index contributed by atoms with van der Waals surface area (Å²) in [6.07, 6.45) is 3.58. The Morgan fingerprint density at radius 2 is 1.86 bits per heavy atom. The van der Waals surface area contributed by atoms with Crippen LogP contribution >= 0.6 is 23.2 Å². The van der Waals surface area contributed by atoms with E-state index in [1.807, 2.05) is 36.5 Å². The van der Waals surface area contributed by atoms with E-state index in [1.165, 1.54) is 17.0 Å². The predicted molar refractivity (Wildman–Crippen MR) is 109 cm³/mol. The number of amides is 2. The number of halogens is 2. The van der Waals surface area contributed by atoms with E-state index in [0.29, 0.717) is 17.1 Å². The van der Waals surface area contributed by atoms with Crippen molar-refractivity contribution in [3.63, 3.8) is 0 Å². The molecule has 6 nitrogen and oxygen atoms in total. The Morgan fingerprint density at radius 1 is 1.11 bits per heavy atom. The largest absolute Gasteiger partial charge is 0.343 e. The SMILES string of the molecule is CN(Cc1cnn(-c2ccccc2)c1)C(=O)CNC(=O)c1ccc(Cl)c(Cl)c1. The fourth-order valence-electron chi connectivity index (χ4n) is 2.56. The van der Waals surface area contributed by atoms with Gasteiger partial charge in [-0.3, -0.25) is 9.59 Å². The van der Waals surface area contributed by atoms with Crippen molar-refractivity contribution in [2.45, 2.75) is 6.54 Å². The maximum absolute atomic E-state index is 12.3. The Bertz CT molecular complexity index is 989. The quantitative estimate of drug-likeness (QED) is 0.667. The van der Waals surface area contributed by atoms with E-state index >= 15 is 0 Å². The summed E-state index contributed by atoms with van der Waals surface area (Å²) < 4.78 is 1.75. The Morgan fingerprint density at radius 3 is 2.57 bits per heavy atom. The van der Waals surface area contributed by atoms with E-state index in [0.717, 1.165) is 11.3 Å². The number of nitrogens with zero attached hydrogens (tertiary/aromatic N) is 3. The monoisotopic (exact) mass is 416 g/mol. The van der Waals surface area contributed by atoms with Gasteiger partial charge in [0.05, 0.1) is 28.5 Å². The number of rotatable bonds is 6. The van der Waals surface area contributed by atoms with Crippen LogP contribution in [-0.2, 0) is 11.3 Å². The molecule has 28 heavy (non-hydrogen) atoms. The number of hydrogen-bond acceptors (Lipinski definition) is 3. The minimum absolute atomic E-state index is 0.123. The number of hydrogen-bond donors (Lipinski definition) is 1. The van der Waals surface area contributed by atoms with Gasteiger partial charge in [-0.05, 0) is 30.3 Å². The lowest BCUT2D eigenvalue weighted by molar-refractivity contribution is -0.129. The van der Waals surface area contributed by atoms with Crippen molar-refractivity contribution in [1.29, 1.82) is 0 Å². The van der Waals surface area contributed by atoms with Gasteiger partial charge in [-0.2, -0.15) is 5.10 Å². The number of carbonyl (C=O) groups excluding carboxylic acids is 2. The smallest absolute Gasteiger partial charge is 0.251 e. The second kappa shape index (κ2) is 8.91. The summed E-state index contributed by atoms with van der Waals surface area (Å²) in [6, 6.07) is 14.3. The van der Waals surface area contributed by atoms with Gasteiger partial charge in [-0.15, -0.1) is 0 Å². The molecule has 0 radical (unpaired) electrons. The van der Waals surface area contributed by atoms with Gasteiger partial charge in [0.25, 0.3) is 5.91 Å². The lowest BCUT2D eigenvalue weighted by Crippen LogP contribution is -2.37. The number of carbonyl (C=O) groups is 2. The van der Waals surface area contributed by atoms with Crippen LogP contribution in [0.2, 0.25) is 10.0 Å². The molecule has 0 saturated heterocycles. The van der Waals surface area contributed by atoms with E-state index in [9.17, 15) is 9.59 Å². The van der Waals surface area contributed by atoms with Gasteiger partial charge >= 0.3 is 0 Å². The first-order valence-corrected chi connectivity index (χ1v) is 9.26. The van der Waals surface area contributed by atoms with Crippen molar-refractivity contribution in [2.75, 3.05) is 13.6 Å². The van der Waals surface area contributed by atoms with E-state index in [4.69, 9.17) is 23.2 Å². The van der Waals surface area contributed by atoms with Gasteiger partial charge in [0, 0.05) is 30.9 Å². The molecule has 2 amide bonds. The molecule has 8 heteroatoms. The zero-order valence-corrected chi connectivity index (χ0v) is 16.6. The first kappa shape index (κ1) is 19.9. The third kappa shape index (κ3) is 4.91. The third-order valence-corrected chi connectivity index (χ3v) is 4.82. The molecule has 2 aromatic carbocycles. The molecule has 0 aliphatic rings. The molecule has 0 aliphatic heterocycles. The average Bonchev–Trinajstić information content (AvgIpc) is 3.17. The van der Waals surface area contributed by atoms with Crippen molar-refractivity contribution < 1.29 is 9.59 Å². The molecule has 1 heterocycles. The van der Waals surface area contributed by atoms with Crippen LogP contribution in [0, 0.1) is 0 Å². The van der Waals surface area contributed by atoms with Gasteiger partial charge in [0.1, 0.15) is 0 Å². The molecular weight excluding hydrogens is 399 g/mol. The van der Waals surface area contributed by atoms with Crippen molar-refractivity contribution in [1.82, 2.24) is 20.0 Å². The van der Waals surface area contributed by atoms with E-state index < -0.39 is 5.91 Å². The summed E-state index contributed by atoms with van der Waals surface area (Å²) in [5.41, 5.74) is 2.17. The molecule has 0 spiro atoms. The highest BCUT2D eigenvalue weighted by molar-refractivity contribution is 6.42. The standard InChI is InChI=1S/C20H18Cl2N4O2/c1-25(12-14-10-24-26(13-14)16-5-3-2-4-6-16)19(27)11-23-20(28)15-7-8-17(21)18(22)9-15/h2-10,13H,11-12H2,1H3,(H,23,28). The lowest BCUT2D eigenvalue weighted by Gasteiger charge is -2.16. The molecule has 3 aromatic rings. The Kier molecular flexibility index (Phi) is 6.34. The minimum Gasteiger partial charge on any atom is -0.343 e. The number of benzene rings is 2. The maximum atomic E-state index is 12.3.